The first-order valence-electron chi connectivity index (χ1n) is 11.4. The van der Waals surface area contributed by atoms with Crippen LogP contribution in [0.5, 0.6) is 0 Å². The van der Waals surface area contributed by atoms with E-state index < -0.39 is 11.6 Å². The molecule has 1 N–H and O–H groups in total. The van der Waals surface area contributed by atoms with Gasteiger partial charge >= 0.3 is 5.97 Å². The van der Waals surface area contributed by atoms with E-state index in [9.17, 15) is 9.90 Å². The van der Waals surface area contributed by atoms with Crippen LogP contribution in [-0.4, -0.2) is 43.0 Å². The number of aryl methyl sites for hydroxylation is 2. The molecule has 0 aliphatic rings. The fraction of sp³-hybridized carbons (Fsp3) is 0.259. The SMILES string of the molecule is Cc1cc2nc(-c3cc4cnn(C)c4cn3)sc2c(-c2ccc(Cl)cc2)c1CC(=O)OCC(C)(C)O. The summed E-state index contributed by atoms with van der Waals surface area (Å²) in [5, 5.41) is 16.7. The number of benzene rings is 2. The van der Waals surface area contributed by atoms with E-state index >= 15 is 0 Å². The van der Waals surface area contributed by atoms with Crippen molar-refractivity contribution in [3.63, 3.8) is 0 Å². The van der Waals surface area contributed by atoms with Gasteiger partial charge in [0.15, 0.2) is 0 Å². The summed E-state index contributed by atoms with van der Waals surface area (Å²) in [6.45, 7) is 5.10. The van der Waals surface area contributed by atoms with Crippen LogP contribution in [0.15, 0.2) is 48.8 Å². The third-order valence-corrected chi connectivity index (χ3v) is 7.27. The van der Waals surface area contributed by atoms with Crippen molar-refractivity contribution in [2.24, 2.45) is 7.05 Å². The van der Waals surface area contributed by atoms with E-state index in [2.05, 4.69) is 10.1 Å². The number of fused-ring (bicyclic) bond motifs is 2. The molecule has 0 bridgehead atoms. The van der Waals surface area contributed by atoms with E-state index in [0.29, 0.717) is 5.02 Å². The summed E-state index contributed by atoms with van der Waals surface area (Å²) in [5.41, 5.74) is 5.10. The Bertz CT molecular complexity index is 1600. The number of ether oxygens (including phenoxy) is 1. The molecule has 0 radical (unpaired) electrons. The van der Waals surface area contributed by atoms with Crippen LogP contribution in [0, 0.1) is 6.92 Å². The number of carbonyl (C=O) groups is 1. The fourth-order valence-electron chi connectivity index (χ4n) is 4.11. The van der Waals surface area contributed by atoms with E-state index in [0.717, 1.165) is 54.1 Å². The Morgan fingerprint density at radius 3 is 2.67 bits per heavy atom. The molecule has 0 saturated heterocycles. The summed E-state index contributed by atoms with van der Waals surface area (Å²) in [6, 6.07) is 11.5. The molecule has 3 heterocycles. The third kappa shape index (κ3) is 4.84. The zero-order valence-electron chi connectivity index (χ0n) is 20.4. The molecular formula is C27H25ClN4O3S. The Hall–Kier alpha value is -3.33. The van der Waals surface area contributed by atoms with Gasteiger partial charge in [0, 0.05) is 23.0 Å². The Balaban J connectivity index is 1.64. The highest BCUT2D eigenvalue weighted by Gasteiger charge is 2.22. The lowest BCUT2D eigenvalue weighted by atomic mass is 9.93. The molecule has 3 aromatic heterocycles. The number of halogens is 1. The quantitative estimate of drug-likeness (QED) is 0.287. The molecule has 0 fully saturated rings. The summed E-state index contributed by atoms with van der Waals surface area (Å²) in [4.78, 5) is 22.3. The molecule has 0 amide bonds. The van der Waals surface area contributed by atoms with Crippen molar-refractivity contribution >= 4 is 50.0 Å². The molecule has 9 heteroatoms. The summed E-state index contributed by atoms with van der Waals surface area (Å²) in [7, 11) is 1.89. The third-order valence-electron chi connectivity index (χ3n) is 5.90. The van der Waals surface area contributed by atoms with Crippen LogP contribution < -0.4 is 0 Å². The zero-order valence-corrected chi connectivity index (χ0v) is 21.9. The number of carbonyl (C=O) groups excluding carboxylic acids is 1. The van der Waals surface area contributed by atoms with E-state index in [1.807, 2.05) is 56.6 Å². The highest BCUT2D eigenvalue weighted by atomic mass is 35.5. The first kappa shape index (κ1) is 24.4. The number of hydrogen-bond acceptors (Lipinski definition) is 7. The van der Waals surface area contributed by atoms with Gasteiger partial charge in [-0.25, -0.2) is 4.98 Å². The molecular weight excluding hydrogens is 496 g/mol. The second-order valence-electron chi connectivity index (χ2n) is 9.47. The van der Waals surface area contributed by atoms with Gasteiger partial charge in [-0.05, 0) is 61.7 Å². The predicted octanol–water partition coefficient (Wildman–Crippen LogP) is 5.73. The van der Waals surface area contributed by atoms with E-state index in [4.69, 9.17) is 21.3 Å². The van der Waals surface area contributed by atoms with Crippen molar-refractivity contribution in [1.29, 1.82) is 0 Å². The van der Waals surface area contributed by atoms with Crippen molar-refractivity contribution in [2.45, 2.75) is 32.8 Å². The molecule has 5 rings (SSSR count). The monoisotopic (exact) mass is 520 g/mol. The van der Waals surface area contributed by atoms with Gasteiger partial charge in [-0.1, -0.05) is 23.7 Å². The van der Waals surface area contributed by atoms with Crippen molar-refractivity contribution in [3.05, 3.63) is 64.9 Å². The fourth-order valence-corrected chi connectivity index (χ4v) is 5.34. The maximum absolute atomic E-state index is 12.8. The van der Waals surface area contributed by atoms with Gasteiger partial charge in [0.1, 0.15) is 11.6 Å². The number of aromatic nitrogens is 4. The van der Waals surface area contributed by atoms with Crippen LogP contribution in [0.2, 0.25) is 5.02 Å². The Kier molecular flexibility index (Phi) is 6.28. The van der Waals surface area contributed by atoms with Crippen LogP contribution in [0.4, 0.5) is 0 Å². The van der Waals surface area contributed by atoms with E-state index in [1.165, 1.54) is 11.3 Å². The smallest absolute Gasteiger partial charge is 0.310 e. The van der Waals surface area contributed by atoms with Crippen molar-refractivity contribution < 1.29 is 14.6 Å². The van der Waals surface area contributed by atoms with Gasteiger partial charge in [-0.3, -0.25) is 14.5 Å². The summed E-state index contributed by atoms with van der Waals surface area (Å²) < 4.78 is 8.11. The average molecular weight is 521 g/mol. The minimum Gasteiger partial charge on any atom is -0.462 e. The topological polar surface area (TPSA) is 90.1 Å². The summed E-state index contributed by atoms with van der Waals surface area (Å²) in [5.74, 6) is -0.400. The Labute approximate surface area is 217 Å². The number of aliphatic hydroxyl groups is 1. The first-order chi connectivity index (χ1) is 17.1. The molecule has 2 aromatic carbocycles. The predicted molar refractivity (Wildman–Crippen MR) is 143 cm³/mol. The Morgan fingerprint density at radius 2 is 1.94 bits per heavy atom. The van der Waals surface area contributed by atoms with Crippen molar-refractivity contribution in [3.8, 4) is 21.8 Å². The zero-order chi connectivity index (χ0) is 25.6. The summed E-state index contributed by atoms with van der Waals surface area (Å²) >= 11 is 7.70. The number of rotatable bonds is 6. The number of thiazole rings is 1. The normalized spacial score (nSPS) is 11.9. The number of hydrogen-bond donors (Lipinski definition) is 1. The minimum atomic E-state index is -1.09. The van der Waals surface area contributed by atoms with Gasteiger partial charge in [-0.2, -0.15) is 5.10 Å². The highest BCUT2D eigenvalue weighted by molar-refractivity contribution is 7.22. The van der Waals surface area contributed by atoms with Crippen LogP contribution in [0.25, 0.3) is 42.9 Å². The van der Waals surface area contributed by atoms with Gasteiger partial charge in [0.05, 0.1) is 45.8 Å². The number of nitrogens with zero attached hydrogens (tertiary/aromatic N) is 4. The van der Waals surface area contributed by atoms with Crippen molar-refractivity contribution in [1.82, 2.24) is 19.7 Å². The van der Waals surface area contributed by atoms with Crippen LogP contribution in [-0.2, 0) is 23.0 Å². The lowest BCUT2D eigenvalue weighted by Crippen LogP contribution is -2.28. The molecule has 0 atom stereocenters. The van der Waals surface area contributed by atoms with E-state index in [-0.39, 0.29) is 13.0 Å². The average Bonchev–Trinajstić information content (AvgIpc) is 3.41. The lowest BCUT2D eigenvalue weighted by molar-refractivity contribution is -0.149. The number of esters is 1. The number of pyridine rings is 1. The molecule has 5 aromatic rings. The maximum Gasteiger partial charge on any atom is 0.310 e. The molecule has 184 valence electrons. The van der Waals surface area contributed by atoms with E-state index in [1.54, 1.807) is 24.7 Å². The standard InChI is InChI=1S/C27H25ClN4O3S/c1-15-9-20-25(36-26(31-20)21-10-17-12-30-32(4)22(17)13-29-21)24(16-5-7-18(28)8-6-16)19(15)11-23(33)35-14-27(2,3)34/h5-10,12-13,34H,11,14H2,1-4H3. The van der Waals surface area contributed by atoms with Gasteiger partial charge in [0.2, 0.25) is 0 Å². The second kappa shape index (κ2) is 9.28. The molecule has 0 aliphatic heterocycles. The molecule has 0 spiro atoms. The van der Waals surface area contributed by atoms with Gasteiger partial charge < -0.3 is 9.84 Å². The molecule has 0 aliphatic carbocycles. The van der Waals surface area contributed by atoms with Crippen LogP contribution in [0.3, 0.4) is 0 Å². The Morgan fingerprint density at radius 1 is 1.19 bits per heavy atom. The summed E-state index contributed by atoms with van der Waals surface area (Å²) in [6.07, 6.45) is 3.69. The lowest BCUT2D eigenvalue weighted by Gasteiger charge is -2.18. The molecule has 7 nitrogen and oxygen atoms in total. The van der Waals surface area contributed by atoms with Crippen molar-refractivity contribution in [2.75, 3.05) is 6.61 Å². The van der Waals surface area contributed by atoms with Crippen LogP contribution >= 0.6 is 22.9 Å². The van der Waals surface area contributed by atoms with Crippen LogP contribution in [0.1, 0.15) is 25.0 Å². The molecule has 0 saturated carbocycles. The van der Waals surface area contributed by atoms with Gasteiger partial charge in [0.25, 0.3) is 0 Å². The minimum absolute atomic E-state index is 0.0724. The largest absolute Gasteiger partial charge is 0.462 e. The molecule has 36 heavy (non-hydrogen) atoms. The maximum atomic E-state index is 12.8. The highest BCUT2D eigenvalue weighted by Crippen LogP contribution is 2.41. The second-order valence-corrected chi connectivity index (χ2v) is 10.9. The molecule has 0 unspecified atom stereocenters. The first-order valence-corrected chi connectivity index (χ1v) is 12.6. The van der Waals surface area contributed by atoms with Gasteiger partial charge in [-0.15, -0.1) is 11.3 Å².